The van der Waals surface area contributed by atoms with Gasteiger partial charge in [-0.15, -0.1) is 4.99 Å². The third kappa shape index (κ3) is 2.94. The van der Waals surface area contributed by atoms with E-state index in [1.54, 1.807) is 31.5 Å². The fourth-order valence-corrected chi connectivity index (χ4v) is 3.16. The summed E-state index contributed by atoms with van der Waals surface area (Å²) in [6.07, 6.45) is 2.29. The number of halogens is 1. The highest BCUT2D eigenvalue weighted by atomic mass is 19.1. The zero-order valence-corrected chi connectivity index (χ0v) is 15.0. The predicted molar refractivity (Wildman–Crippen MR) is 94.5 cm³/mol. The summed E-state index contributed by atoms with van der Waals surface area (Å²) < 4.78 is 21.1. The van der Waals surface area contributed by atoms with E-state index in [1.807, 2.05) is 13.8 Å². The van der Waals surface area contributed by atoms with Crippen LogP contribution in [0, 0.1) is 11.7 Å². The number of rotatable bonds is 5. The Morgan fingerprint density at radius 3 is 2.65 bits per heavy atom. The second kappa shape index (κ2) is 7.19. The SMILES string of the molecule is CCOC1=C(CC)C=NC2=[N+](C)C(=O)N(Cc3ccccc3F)C(=O)C12. The van der Waals surface area contributed by atoms with Gasteiger partial charge in [-0.25, -0.2) is 9.18 Å². The van der Waals surface area contributed by atoms with Gasteiger partial charge < -0.3 is 4.74 Å². The van der Waals surface area contributed by atoms with Gasteiger partial charge in [-0.2, -0.15) is 9.48 Å². The van der Waals surface area contributed by atoms with E-state index in [0.717, 1.165) is 10.5 Å². The van der Waals surface area contributed by atoms with Crippen LogP contribution in [0.1, 0.15) is 25.8 Å². The van der Waals surface area contributed by atoms with Crippen molar-refractivity contribution < 1.29 is 23.3 Å². The first-order chi connectivity index (χ1) is 12.5. The summed E-state index contributed by atoms with van der Waals surface area (Å²) in [5.41, 5.74) is 1.10. The van der Waals surface area contributed by atoms with Gasteiger partial charge >= 0.3 is 11.9 Å². The number of ether oxygens (including phenoxy) is 1. The average Bonchev–Trinajstić information content (AvgIpc) is 2.64. The predicted octanol–water partition coefficient (Wildman–Crippen LogP) is 2.73. The number of urea groups is 1. The Morgan fingerprint density at radius 2 is 2.00 bits per heavy atom. The zero-order chi connectivity index (χ0) is 18.8. The van der Waals surface area contributed by atoms with Crippen molar-refractivity contribution >= 4 is 24.0 Å². The fraction of sp³-hybridized carbons (Fsp3) is 0.368. The first kappa shape index (κ1) is 18.0. The third-order valence-corrected chi connectivity index (χ3v) is 4.53. The minimum Gasteiger partial charge on any atom is -0.496 e. The van der Waals surface area contributed by atoms with Crippen LogP contribution in [0.3, 0.4) is 0 Å². The third-order valence-electron chi connectivity index (χ3n) is 4.53. The molecule has 3 rings (SSSR count). The molecule has 2 aliphatic rings. The molecule has 1 aromatic rings. The number of aliphatic imine (C=N–C) groups is 1. The molecule has 0 saturated heterocycles. The van der Waals surface area contributed by atoms with Crippen LogP contribution in [0.5, 0.6) is 0 Å². The number of benzene rings is 1. The molecule has 0 fully saturated rings. The lowest BCUT2D eigenvalue weighted by atomic mass is 9.94. The van der Waals surface area contributed by atoms with Crippen LogP contribution in [0.2, 0.25) is 0 Å². The van der Waals surface area contributed by atoms with Gasteiger partial charge in [0, 0.05) is 11.1 Å². The van der Waals surface area contributed by atoms with E-state index in [4.69, 9.17) is 4.74 Å². The van der Waals surface area contributed by atoms with Gasteiger partial charge in [-0.05, 0) is 19.4 Å². The molecule has 0 spiro atoms. The molecule has 1 aromatic carbocycles. The number of nitrogens with zero attached hydrogens (tertiary/aromatic N) is 3. The van der Waals surface area contributed by atoms with Gasteiger partial charge in [0.05, 0.1) is 13.7 Å². The second-order valence-corrected chi connectivity index (χ2v) is 6.08. The molecular formula is C19H21FN3O3+. The minimum absolute atomic E-state index is 0.136. The number of allylic oxidation sites excluding steroid dienone is 1. The number of imide groups is 1. The van der Waals surface area contributed by atoms with Gasteiger partial charge in [0.15, 0.2) is 5.92 Å². The number of amidine groups is 1. The van der Waals surface area contributed by atoms with Gasteiger partial charge in [-0.3, -0.25) is 4.79 Å². The summed E-state index contributed by atoms with van der Waals surface area (Å²) in [7, 11) is 1.56. The molecule has 26 heavy (non-hydrogen) atoms. The zero-order valence-electron chi connectivity index (χ0n) is 15.0. The van der Waals surface area contributed by atoms with Crippen LogP contribution in [-0.4, -0.2) is 47.1 Å². The lowest BCUT2D eigenvalue weighted by Crippen LogP contribution is -2.54. The Kier molecular flexibility index (Phi) is 4.97. The van der Waals surface area contributed by atoms with Crippen molar-refractivity contribution in [3.8, 4) is 0 Å². The summed E-state index contributed by atoms with van der Waals surface area (Å²) in [5, 5.41) is 0. The smallest absolute Gasteiger partial charge is 0.445 e. The first-order valence-corrected chi connectivity index (χ1v) is 8.58. The average molecular weight is 358 g/mol. The van der Waals surface area contributed by atoms with Crippen LogP contribution in [-0.2, 0) is 16.1 Å². The number of fused-ring (bicyclic) bond motifs is 1. The van der Waals surface area contributed by atoms with Crippen molar-refractivity contribution in [2.24, 2.45) is 10.9 Å². The maximum absolute atomic E-state index is 14.0. The maximum atomic E-state index is 14.0. The Morgan fingerprint density at radius 1 is 1.27 bits per heavy atom. The van der Waals surface area contributed by atoms with Crippen LogP contribution < -0.4 is 0 Å². The minimum atomic E-state index is -0.788. The normalized spacial score (nSPS) is 20.0. The Balaban J connectivity index is 2.04. The topological polar surface area (TPSA) is 62.0 Å². The molecule has 0 aromatic heterocycles. The molecule has 0 radical (unpaired) electrons. The summed E-state index contributed by atoms with van der Waals surface area (Å²) >= 11 is 0. The first-order valence-electron chi connectivity index (χ1n) is 8.58. The standard InChI is InChI=1S/C19H21FN3O3/c1-4-12-10-21-17-15(16(12)26-5-2)18(24)23(19(25)22(17)3)11-13-8-6-7-9-14(13)20/h6-10,15H,4-5,11H2,1-3H3/q+1. The van der Waals surface area contributed by atoms with Crippen molar-refractivity contribution in [2.45, 2.75) is 26.8 Å². The fourth-order valence-electron chi connectivity index (χ4n) is 3.16. The van der Waals surface area contributed by atoms with Gasteiger partial charge in [0.1, 0.15) is 24.3 Å². The van der Waals surface area contributed by atoms with E-state index in [2.05, 4.69) is 4.99 Å². The summed E-state index contributed by atoms with van der Waals surface area (Å²) in [6.45, 7) is 4.05. The summed E-state index contributed by atoms with van der Waals surface area (Å²) in [6, 6.07) is 5.57. The van der Waals surface area contributed by atoms with Crippen LogP contribution >= 0.6 is 0 Å². The molecule has 0 aliphatic carbocycles. The molecule has 2 heterocycles. The lowest BCUT2D eigenvalue weighted by molar-refractivity contribution is -0.409. The van der Waals surface area contributed by atoms with E-state index in [-0.39, 0.29) is 12.1 Å². The molecule has 0 saturated carbocycles. The number of hydrogen-bond acceptors (Lipinski definition) is 4. The summed E-state index contributed by atoms with van der Waals surface area (Å²) in [5.74, 6) is -0.836. The molecule has 1 unspecified atom stereocenters. The molecular weight excluding hydrogens is 337 g/mol. The van der Waals surface area contributed by atoms with Crippen molar-refractivity contribution in [2.75, 3.05) is 13.7 Å². The van der Waals surface area contributed by atoms with Crippen LogP contribution in [0.4, 0.5) is 9.18 Å². The molecule has 3 amide bonds. The largest absolute Gasteiger partial charge is 0.496 e. The van der Waals surface area contributed by atoms with Gasteiger partial charge in [-0.1, -0.05) is 25.1 Å². The van der Waals surface area contributed by atoms with E-state index in [0.29, 0.717) is 24.6 Å². The summed E-state index contributed by atoms with van der Waals surface area (Å²) in [4.78, 5) is 31.2. The highest BCUT2D eigenvalue weighted by molar-refractivity contribution is 6.16. The lowest BCUT2D eigenvalue weighted by Gasteiger charge is -2.29. The molecule has 0 bridgehead atoms. The van der Waals surface area contributed by atoms with Crippen LogP contribution in [0.15, 0.2) is 40.6 Å². The van der Waals surface area contributed by atoms with Gasteiger partial charge in [0.2, 0.25) is 0 Å². The van der Waals surface area contributed by atoms with Crippen molar-refractivity contribution in [1.29, 1.82) is 0 Å². The molecule has 2 aliphatic heterocycles. The van der Waals surface area contributed by atoms with Gasteiger partial charge in [0.25, 0.3) is 5.84 Å². The quantitative estimate of drug-likeness (QED) is 0.761. The second-order valence-electron chi connectivity index (χ2n) is 6.08. The Labute approximate surface area is 151 Å². The Hall–Kier alpha value is -2.83. The van der Waals surface area contributed by atoms with E-state index >= 15 is 0 Å². The number of carbonyl (C=O) groups excluding carboxylic acids is 2. The van der Waals surface area contributed by atoms with Crippen molar-refractivity contribution in [3.05, 3.63) is 47.0 Å². The van der Waals surface area contributed by atoms with E-state index < -0.39 is 23.7 Å². The van der Waals surface area contributed by atoms with E-state index in [1.165, 1.54) is 10.6 Å². The number of hydrogen-bond donors (Lipinski definition) is 0. The van der Waals surface area contributed by atoms with Crippen LogP contribution in [0.25, 0.3) is 0 Å². The monoisotopic (exact) mass is 358 g/mol. The number of dihydropyridines is 1. The Bertz CT molecular complexity index is 857. The molecule has 0 N–H and O–H groups in total. The number of carbonyl (C=O) groups is 2. The highest BCUT2D eigenvalue weighted by Crippen LogP contribution is 2.30. The molecule has 6 nitrogen and oxygen atoms in total. The highest BCUT2D eigenvalue weighted by Gasteiger charge is 2.50. The molecule has 7 heteroatoms. The molecule has 1 atom stereocenters. The van der Waals surface area contributed by atoms with Crippen molar-refractivity contribution in [3.63, 3.8) is 0 Å². The van der Waals surface area contributed by atoms with Crippen molar-refractivity contribution in [1.82, 2.24) is 4.90 Å². The molecule has 136 valence electrons. The number of amides is 3. The van der Waals surface area contributed by atoms with E-state index in [9.17, 15) is 14.0 Å². The maximum Gasteiger partial charge on any atom is 0.445 e.